The molecule has 0 aromatic heterocycles. The highest BCUT2D eigenvalue weighted by atomic mass is 16.6. The summed E-state index contributed by atoms with van der Waals surface area (Å²) in [5, 5.41) is 24.2. The Morgan fingerprint density at radius 2 is 1.59 bits per heavy atom. The molecule has 0 aliphatic carbocycles. The highest BCUT2D eigenvalue weighted by Crippen LogP contribution is 2.22. The van der Waals surface area contributed by atoms with Crippen molar-refractivity contribution in [1.29, 1.82) is 0 Å². The van der Waals surface area contributed by atoms with Crippen LogP contribution in [0.3, 0.4) is 0 Å². The minimum absolute atomic E-state index is 0.156. The van der Waals surface area contributed by atoms with E-state index in [4.69, 9.17) is 10.8 Å². The first-order valence-corrected chi connectivity index (χ1v) is 9.53. The van der Waals surface area contributed by atoms with Crippen molar-refractivity contribution >= 4 is 41.0 Å². The molecule has 0 saturated heterocycles. The van der Waals surface area contributed by atoms with Gasteiger partial charge < -0.3 is 21.5 Å². The Hall–Kier alpha value is -4.03. The van der Waals surface area contributed by atoms with Crippen LogP contribution >= 0.6 is 0 Å². The summed E-state index contributed by atoms with van der Waals surface area (Å²) in [6.45, 7) is 4.07. The van der Waals surface area contributed by atoms with Crippen molar-refractivity contribution in [2.45, 2.75) is 51.7 Å². The number of nitrogens with one attached hydrogen (secondary N) is 2. The highest BCUT2D eigenvalue weighted by molar-refractivity contribution is 6.04. The Kier molecular flexibility index (Phi) is 9.25. The monoisotopic (exact) mass is 451 g/mol. The number of amides is 4. The molecule has 0 aliphatic rings. The quantitative estimate of drug-likeness (QED) is 0.259. The van der Waals surface area contributed by atoms with Crippen LogP contribution in [0.5, 0.6) is 0 Å². The molecule has 174 valence electrons. The Balaban J connectivity index is 2.94. The van der Waals surface area contributed by atoms with E-state index in [0.29, 0.717) is 0 Å². The Morgan fingerprint density at radius 3 is 2.06 bits per heavy atom. The fraction of sp³-hybridized carbons (Fsp3) is 0.421. The average molecular weight is 451 g/mol. The Labute approximate surface area is 183 Å². The maximum absolute atomic E-state index is 13.0. The molecule has 4 amide bonds. The van der Waals surface area contributed by atoms with Crippen LogP contribution in [0.15, 0.2) is 24.3 Å². The van der Waals surface area contributed by atoms with Gasteiger partial charge in [-0.3, -0.25) is 39.0 Å². The second-order valence-electron chi connectivity index (χ2n) is 6.97. The zero-order valence-electron chi connectivity index (χ0n) is 17.7. The predicted octanol–water partition coefficient (Wildman–Crippen LogP) is -0.324. The van der Waals surface area contributed by atoms with E-state index < -0.39 is 59.1 Å². The number of benzene rings is 1. The van der Waals surface area contributed by atoms with Crippen LogP contribution in [0.1, 0.15) is 33.6 Å². The number of carboxylic acids is 1. The van der Waals surface area contributed by atoms with Crippen molar-refractivity contribution < 1.29 is 34.0 Å². The molecule has 1 rings (SSSR count). The summed E-state index contributed by atoms with van der Waals surface area (Å²) in [6.07, 6.45) is -0.713. The summed E-state index contributed by atoms with van der Waals surface area (Å²) in [5.74, 6) is -4.09. The number of primary amides is 1. The van der Waals surface area contributed by atoms with E-state index >= 15 is 0 Å². The molecule has 0 unspecified atom stereocenters. The van der Waals surface area contributed by atoms with Gasteiger partial charge in [0.15, 0.2) is 0 Å². The Morgan fingerprint density at radius 1 is 1.03 bits per heavy atom. The van der Waals surface area contributed by atoms with Gasteiger partial charge in [-0.2, -0.15) is 0 Å². The first-order valence-electron chi connectivity index (χ1n) is 9.53. The van der Waals surface area contributed by atoms with Crippen molar-refractivity contribution in [3.8, 4) is 0 Å². The number of carbonyl (C=O) groups is 5. The minimum atomic E-state index is -1.16. The van der Waals surface area contributed by atoms with Gasteiger partial charge in [-0.1, -0.05) is 0 Å². The van der Waals surface area contributed by atoms with E-state index in [-0.39, 0.29) is 17.8 Å². The number of nitro benzene ring substituents is 1. The van der Waals surface area contributed by atoms with Crippen LogP contribution in [0.25, 0.3) is 0 Å². The average Bonchev–Trinajstić information content (AvgIpc) is 2.72. The summed E-state index contributed by atoms with van der Waals surface area (Å²) in [7, 11) is 0. The lowest BCUT2D eigenvalue weighted by atomic mass is 10.1. The number of carbonyl (C=O) groups excluding carboxylic acids is 4. The summed E-state index contributed by atoms with van der Waals surface area (Å²) < 4.78 is 0. The first-order chi connectivity index (χ1) is 14.8. The molecule has 0 heterocycles. The number of nitrogens with two attached hydrogens (primary N) is 1. The smallest absolute Gasteiger partial charge is 0.303 e. The van der Waals surface area contributed by atoms with E-state index in [1.165, 1.54) is 32.9 Å². The third-order valence-electron chi connectivity index (χ3n) is 4.44. The molecule has 13 heteroatoms. The van der Waals surface area contributed by atoms with Crippen molar-refractivity contribution in [3.05, 3.63) is 34.4 Å². The number of hydrogen-bond donors (Lipinski definition) is 4. The van der Waals surface area contributed by atoms with Crippen LogP contribution < -0.4 is 21.3 Å². The van der Waals surface area contributed by atoms with Gasteiger partial charge >= 0.3 is 5.97 Å². The van der Waals surface area contributed by atoms with Crippen molar-refractivity contribution in [3.63, 3.8) is 0 Å². The number of aliphatic carboxylic acids is 1. The second-order valence-corrected chi connectivity index (χ2v) is 6.97. The molecular weight excluding hydrogens is 426 g/mol. The number of nitrogens with zero attached hydrogens (tertiary/aromatic N) is 2. The van der Waals surface area contributed by atoms with Gasteiger partial charge in [0.25, 0.3) is 5.69 Å². The lowest BCUT2D eigenvalue weighted by Crippen LogP contribution is -2.56. The van der Waals surface area contributed by atoms with E-state index in [9.17, 15) is 34.1 Å². The van der Waals surface area contributed by atoms with Crippen molar-refractivity contribution in [2.24, 2.45) is 5.73 Å². The highest BCUT2D eigenvalue weighted by Gasteiger charge is 2.31. The fourth-order valence-electron chi connectivity index (χ4n) is 2.61. The molecule has 0 bridgehead atoms. The fourth-order valence-corrected chi connectivity index (χ4v) is 2.61. The van der Waals surface area contributed by atoms with Crippen LogP contribution in [-0.2, 0) is 24.0 Å². The number of carboxylic acid groups (broad SMARTS) is 1. The van der Waals surface area contributed by atoms with Gasteiger partial charge in [-0.05, 0) is 32.9 Å². The number of rotatable bonds is 11. The first kappa shape index (κ1) is 26.0. The molecule has 32 heavy (non-hydrogen) atoms. The van der Waals surface area contributed by atoms with Crippen LogP contribution in [-0.4, -0.2) is 57.8 Å². The molecule has 1 aromatic carbocycles. The largest absolute Gasteiger partial charge is 0.481 e. The van der Waals surface area contributed by atoms with E-state index in [1.807, 2.05) is 0 Å². The number of non-ortho nitro benzene ring substituents is 1. The maximum Gasteiger partial charge on any atom is 0.303 e. The molecule has 5 N–H and O–H groups in total. The molecule has 0 radical (unpaired) electrons. The third-order valence-corrected chi connectivity index (χ3v) is 4.44. The second kappa shape index (κ2) is 11.4. The van der Waals surface area contributed by atoms with Gasteiger partial charge in [-0.25, -0.2) is 0 Å². The number of hydrogen-bond acceptors (Lipinski definition) is 7. The van der Waals surface area contributed by atoms with Crippen molar-refractivity contribution in [2.75, 3.05) is 4.90 Å². The SMILES string of the molecule is C[C@H](NC(=O)CCC(=O)O)C(=O)N[C@@H](C)C(=O)N(c1ccc([N+](=O)[O-])cc1)[C@@H](C)C(N)=O. The van der Waals surface area contributed by atoms with Crippen LogP contribution in [0.2, 0.25) is 0 Å². The summed E-state index contributed by atoms with van der Waals surface area (Å²) in [4.78, 5) is 70.5. The summed E-state index contributed by atoms with van der Waals surface area (Å²) >= 11 is 0. The molecule has 0 spiro atoms. The standard InChI is InChI=1S/C19H25N5O8/c1-10(21-15(25)8-9-16(26)27)18(29)22-11(2)19(30)23(12(3)17(20)28)13-4-6-14(7-5-13)24(31)32/h4-7,10-12H,8-9H2,1-3H3,(H2,20,28)(H,21,25)(H,22,29)(H,26,27)/t10-,11-,12-/m0/s1. The van der Waals surface area contributed by atoms with Gasteiger partial charge in [0.2, 0.25) is 23.6 Å². The zero-order chi connectivity index (χ0) is 24.6. The molecule has 0 fully saturated rings. The topological polar surface area (TPSA) is 202 Å². The molecule has 1 aromatic rings. The van der Waals surface area contributed by atoms with Crippen LogP contribution in [0.4, 0.5) is 11.4 Å². The molecular formula is C19H25N5O8. The lowest BCUT2D eigenvalue weighted by molar-refractivity contribution is -0.384. The third kappa shape index (κ3) is 7.34. The van der Waals surface area contributed by atoms with Gasteiger partial charge in [0.1, 0.15) is 18.1 Å². The van der Waals surface area contributed by atoms with Gasteiger partial charge in [-0.15, -0.1) is 0 Å². The summed E-state index contributed by atoms with van der Waals surface area (Å²) in [5.41, 5.74) is 5.26. The van der Waals surface area contributed by atoms with E-state index in [2.05, 4.69) is 10.6 Å². The minimum Gasteiger partial charge on any atom is -0.481 e. The van der Waals surface area contributed by atoms with Crippen LogP contribution in [0, 0.1) is 10.1 Å². The lowest BCUT2D eigenvalue weighted by Gasteiger charge is -2.30. The van der Waals surface area contributed by atoms with Gasteiger partial charge in [0, 0.05) is 24.2 Å². The number of anilines is 1. The van der Waals surface area contributed by atoms with Gasteiger partial charge in [0.05, 0.1) is 11.3 Å². The molecule has 0 saturated carbocycles. The molecule has 0 aliphatic heterocycles. The maximum atomic E-state index is 13.0. The normalized spacial score (nSPS) is 13.2. The summed E-state index contributed by atoms with van der Waals surface area (Å²) in [6, 6.07) is 1.51. The van der Waals surface area contributed by atoms with Crippen molar-refractivity contribution in [1.82, 2.24) is 10.6 Å². The molecule has 3 atom stereocenters. The van der Waals surface area contributed by atoms with E-state index in [1.54, 1.807) is 0 Å². The number of nitro groups is 1. The zero-order valence-corrected chi connectivity index (χ0v) is 17.7. The Bertz CT molecular complexity index is 901. The molecule has 13 nitrogen and oxygen atoms in total. The van der Waals surface area contributed by atoms with E-state index in [0.717, 1.165) is 17.0 Å². The predicted molar refractivity (Wildman–Crippen MR) is 111 cm³/mol.